The Balaban J connectivity index is 1.21. The predicted molar refractivity (Wildman–Crippen MR) is 124 cm³/mol. The molecule has 1 aromatic carbocycles. The third-order valence-electron chi connectivity index (χ3n) is 6.57. The van der Waals surface area contributed by atoms with Gasteiger partial charge in [-0.1, -0.05) is 61.5 Å². The van der Waals surface area contributed by atoms with Crippen LogP contribution in [0.1, 0.15) is 32.1 Å². The van der Waals surface area contributed by atoms with Crippen LogP contribution in [-0.2, 0) is 14.4 Å². The zero-order valence-electron chi connectivity index (χ0n) is 16.1. The van der Waals surface area contributed by atoms with E-state index in [1.807, 2.05) is 0 Å². The average molecular weight is 581 g/mol. The Labute approximate surface area is 202 Å². The van der Waals surface area contributed by atoms with Crippen LogP contribution in [0.2, 0.25) is 10.0 Å². The molecule has 2 bridgehead atoms. The number of benzene rings is 1. The third kappa shape index (κ3) is 4.07. The first-order valence-electron chi connectivity index (χ1n) is 10.2. The van der Waals surface area contributed by atoms with Crippen LogP contribution in [0.25, 0.3) is 0 Å². The van der Waals surface area contributed by atoms with E-state index in [9.17, 15) is 14.4 Å². The van der Waals surface area contributed by atoms with Crippen molar-refractivity contribution in [2.24, 2.45) is 23.7 Å². The van der Waals surface area contributed by atoms with Crippen LogP contribution < -0.4 is 5.32 Å². The fourth-order valence-corrected chi connectivity index (χ4v) is 7.50. The van der Waals surface area contributed by atoms with Crippen molar-refractivity contribution in [1.82, 2.24) is 4.90 Å². The molecule has 0 spiro atoms. The molecular formula is C21H22Br2Cl2N2O3. The maximum Gasteiger partial charge on any atom is 0.233 e. The Morgan fingerprint density at radius 2 is 1.67 bits per heavy atom. The third-order valence-corrected chi connectivity index (χ3v) is 10.3. The smallest absolute Gasteiger partial charge is 0.233 e. The molecule has 1 aliphatic heterocycles. The number of carbonyl (C=O) groups is 3. The monoisotopic (exact) mass is 578 g/mol. The number of nitrogens with one attached hydrogen (secondary N) is 1. The zero-order valence-corrected chi connectivity index (χ0v) is 20.8. The van der Waals surface area contributed by atoms with Crippen molar-refractivity contribution in [2.75, 3.05) is 11.9 Å². The van der Waals surface area contributed by atoms with Gasteiger partial charge in [0.05, 0.1) is 22.5 Å². The van der Waals surface area contributed by atoms with Gasteiger partial charge >= 0.3 is 0 Å². The molecule has 1 saturated heterocycles. The molecule has 6 atom stereocenters. The molecule has 4 rings (SSSR count). The lowest BCUT2D eigenvalue weighted by Gasteiger charge is -2.28. The number of nitrogens with zero attached hydrogens (tertiary/aromatic N) is 1. The minimum Gasteiger partial charge on any atom is -0.325 e. The topological polar surface area (TPSA) is 66.5 Å². The molecule has 1 heterocycles. The van der Waals surface area contributed by atoms with E-state index in [4.69, 9.17) is 23.2 Å². The molecule has 2 saturated carbocycles. The highest BCUT2D eigenvalue weighted by Gasteiger charge is 2.66. The zero-order chi connectivity index (χ0) is 21.6. The number of hydrogen-bond donors (Lipinski definition) is 1. The van der Waals surface area contributed by atoms with Crippen LogP contribution in [0.4, 0.5) is 5.69 Å². The van der Waals surface area contributed by atoms with Gasteiger partial charge in [-0.25, -0.2) is 0 Å². The number of imide groups is 1. The van der Waals surface area contributed by atoms with Crippen LogP contribution in [-0.4, -0.2) is 38.8 Å². The van der Waals surface area contributed by atoms with Crippen molar-refractivity contribution in [3.8, 4) is 0 Å². The summed E-state index contributed by atoms with van der Waals surface area (Å²) in [4.78, 5) is 39.8. The summed E-state index contributed by atoms with van der Waals surface area (Å²) in [5, 5.41) is 3.69. The summed E-state index contributed by atoms with van der Waals surface area (Å²) in [6.45, 7) is 0.439. The van der Waals surface area contributed by atoms with E-state index < -0.39 is 0 Å². The lowest BCUT2D eigenvalue weighted by molar-refractivity contribution is -0.140. The van der Waals surface area contributed by atoms with Crippen molar-refractivity contribution >= 4 is 78.5 Å². The molecule has 0 aromatic heterocycles. The SMILES string of the molecule is O=C(CCCCCN1C(=O)[C@@H]2[C@@H]3C[C@H]([C@H](Br)[C@@H]3Br)[C@@H]2C1=O)Nc1ccc(Cl)cc1Cl. The van der Waals surface area contributed by atoms with Gasteiger partial charge in [0, 0.05) is 27.6 Å². The van der Waals surface area contributed by atoms with E-state index in [0.717, 1.165) is 12.8 Å². The summed E-state index contributed by atoms with van der Waals surface area (Å²) >= 11 is 19.3. The maximum absolute atomic E-state index is 12.9. The number of unbranched alkanes of at least 4 members (excludes halogenated alkanes) is 2. The Hall–Kier alpha value is -0.630. The van der Waals surface area contributed by atoms with Gasteiger partial charge in [-0.3, -0.25) is 19.3 Å². The van der Waals surface area contributed by atoms with E-state index in [1.54, 1.807) is 18.2 Å². The van der Waals surface area contributed by atoms with Gasteiger partial charge in [0.15, 0.2) is 0 Å². The first-order chi connectivity index (χ1) is 14.3. The fraction of sp³-hybridized carbons (Fsp3) is 0.571. The van der Waals surface area contributed by atoms with Crippen molar-refractivity contribution < 1.29 is 14.4 Å². The van der Waals surface area contributed by atoms with Crippen LogP contribution in [0.3, 0.4) is 0 Å². The molecule has 0 unspecified atom stereocenters. The highest BCUT2D eigenvalue weighted by Crippen LogP contribution is 2.60. The second kappa shape index (κ2) is 9.08. The number of rotatable bonds is 7. The first kappa shape index (κ1) is 22.6. The summed E-state index contributed by atoms with van der Waals surface area (Å²) in [5.74, 6) is 0.0490. The summed E-state index contributed by atoms with van der Waals surface area (Å²) in [6, 6.07) is 4.93. The summed E-state index contributed by atoms with van der Waals surface area (Å²) in [7, 11) is 0. The standard InChI is InChI=1S/C21H22Br2Cl2N2O3/c22-18-11-9-12(19(18)23)17-16(11)20(29)27(21(17)30)7-3-1-2-4-15(28)26-14-6-5-10(24)8-13(14)25/h5-6,8,11-12,16-19H,1-4,7,9H2,(H,26,28)/t11-,12-,16-,17+,18-,19+/m0/s1. The molecule has 3 fully saturated rings. The molecule has 2 aliphatic carbocycles. The minimum absolute atomic E-state index is 0.00327. The predicted octanol–water partition coefficient (Wildman–Crippen LogP) is 5.27. The molecule has 30 heavy (non-hydrogen) atoms. The Bertz CT molecular complexity index is 852. The van der Waals surface area contributed by atoms with Gasteiger partial charge < -0.3 is 5.32 Å². The molecule has 3 amide bonds. The molecule has 3 aliphatic rings. The number of carbonyl (C=O) groups excluding carboxylic acids is 3. The fourth-order valence-electron chi connectivity index (χ4n) is 5.17. The molecule has 5 nitrogen and oxygen atoms in total. The summed E-state index contributed by atoms with van der Waals surface area (Å²) in [6.07, 6.45) is 3.45. The lowest BCUT2D eigenvalue weighted by atomic mass is 9.81. The van der Waals surface area contributed by atoms with E-state index in [-0.39, 0.29) is 51.0 Å². The van der Waals surface area contributed by atoms with E-state index >= 15 is 0 Å². The average Bonchev–Trinajstić information content (AvgIpc) is 3.30. The van der Waals surface area contributed by atoms with Crippen LogP contribution in [0.5, 0.6) is 0 Å². The van der Waals surface area contributed by atoms with Crippen LogP contribution in [0.15, 0.2) is 18.2 Å². The van der Waals surface area contributed by atoms with E-state index in [0.29, 0.717) is 41.5 Å². The summed E-state index contributed by atoms with van der Waals surface area (Å²) in [5.41, 5.74) is 0.538. The van der Waals surface area contributed by atoms with Crippen molar-refractivity contribution in [3.63, 3.8) is 0 Å². The second-order valence-electron chi connectivity index (χ2n) is 8.31. The number of anilines is 1. The van der Waals surface area contributed by atoms with Crippen molar-refractivity contribution in [1.29, 1.82) is 0 Å². The van der Waals surface area contributed by atoms with Crippen molar-refractivity contribution in [3.05, 3.63) is 28.2 Å². The number of hydrogen-bond acceptors (Lipinski definition) is 3. The second-order valence-corrected chi connectivity index (χ2v) is 11.3. The highest BCUT2D eigenvalue weighted by atomic mass is 79.9. The molecule has 1 N–H and O–H groups in total. The van der Waals surface area contributed by atoms with Crippen molar-refractivity contribution in [2.45, 2.75) is 41.8 Å². The molecule has 0 radical (unpaired) electrons. The summed E-state index contributed by atoms with van der Waals surface area (Å²) < 4.78 is 0. The van der Waals surface area contributed by atoms with Crippen LogP contribution >= 0.6 is 55.1 Å². The largest absolute Gasteiger partial charge is 0.325 e. The first-order valence-corrected chi connectivity index (χ1v) is 12.8. The molecule has 1 aromatic rings. The normalized spacial score (nSPS) is 32.1. The van der Waals surface area contributed by atoms with Gasteiger partial charge in [-0.2, -0.15) is 0 Å². The van der Waals surface area contributed by atoms with Gasteiger partial charge in [-0.15, -0.1) is 0 Å². The van der Waals surface area contributed by atoms with Gasteiger partial charge in [0.25, 0.3) is 0 Å². The molecule has 162 valence electrons. The number of likely N-dealkylation sites (tertiary alicyclic amines) is 1. The van der Waals surface area contributed by atoms with Gasteiger partial charge in [0.1, 0.15) is 0 Å². The number of halogens is 4. The Kier molecular flexibility index (Phi) is 6.83. The molecular weight excluding hydrogens is 559 g/mol. The van der Waals surface area contributed by atoms with Gasteiger partial charge in [0.2, 0.25) is 17.7 Å². The lowest BCUT2D eigenvalue weighted by Crippen LogP contribution is -2.37. The maximum atomic E-state index is 12.9. The highest BCUT2D eigenvalue weighted by molar-refractivity contribution is 9.12. The van der Waals surface area contributed by atoms with E-state index in [1.165, 1.54) is 4.90 Å². The number of fused-ring (bicyclic) bond motifs is 5. The quantitative estimate of drug-likeness (QED) is 0.271. The number of alkyl halides is 2. The Morgan fingerprint density at radius 1 is 1.03 bits per heavy atom. The van der Waals surface area contributed by atoms with E-state index in [2.05, 4.69) is 37.2 Å². The van der Waals surface area contributed by atoms with Gasteiger partial charge in [-0.05, 0) is 49.3 Å². The Morgan fingerprint density at radius 3 is 2.27 bits per heavy atom. The molecule has 9 heteroatoms. The minimum atomic E-state index is -0.157. The van der Waals surface area contributed by atoms with Crippen LogP contribution in [0, 0.1) is 23.7 Å². The number of amides is 3.